The summed E-state index contributed by atoms with van der Waals surface area (Å²) in [5, 5.41) is 3.29. The average molecular weight is 254 g/mol. The maximum absolute atomic E-state index is 4.54. The van der Waals surface area contributed by atoms with E-state index in [0.29, 0.717) is 5.92 Å². The Kier molecular flexibility index (Phi) is 4.33. The molecule has 0 saturated carbocycles. The first-order valence-corrected chi connectivity index (χ1v) is 6.76. The Labute approximate surface area is 115 Å². The quantitative estimate of drug-likeness (QED) is 0.905. The van der Waals surface area contributed by atoms with Crippen molar-refractivity contribution in [3.05, 3.63) is 64.5 Å². The Hall–Kier alpha value is -1.67. The van der Waals surface area contributed by atoms with Crippen molar-refractivity contribution in [3.8, 4) is 0 Å². The highest BCUT2D eigenvalue weighted by atomic mass is 14.8. The smallest absolute Gasteiger partial charge is 0.0491 e. The standard InChI is InChI=1S/C17H22N2/c1-12-9-13(2)17(14(3)10-12)15(11-18-4)16-7-5-6-8-19-16/h5-10,15,18H,11H2,1-4H3. The molecule has 0 saturated heterocycles. The molecule has 0 aliphatic heterocycles. The van der Waals surface area contributed by atoms with E-state index in [0.717, 1.165) is 12.2 Å². The molecule has 1 aromatic heterocycles. The largest absolute Gasteiger partial charge is 0.319 e. The Morgan fingerprint density at radius 3 is 2.32 bits per heavy atom. The van der Waals surface area contributed by atoms with Crippen molar-refractivity contribution in [2.75, 3.05) is 13.6 Å². The fourth-order valence-electron chi connectivity index (χ4n) is 2.88. The normalized spacial score (nSPS) is 12.4. The van der Waals surface area contributed by atoms with Crippen LogP contribution in [0.2, 0.25) is 0 Å². The number of nitrogens with zero attached hydrogens (tertiary/aromatic N) is 1. The number of hydrogen-bond acceptors (Lipinski definition) is 2. The molecule has 1 heterocycles. The number of aromatic nitrogens is 1. The van der Waals surface area contributed by atoms with Gasteiger partial charge in [-0.1, -0.05) is 23.8 Å². The molecule has 0 radical (unpaired) electrons. The molecule has 0 spiro atoms. The van der Waals surface area contributed by atoms with Gasteiger partial charge in [0.05, 0.1) is 0 Å². The molecule has 1 N–H and O–H groups in total. The summed E-state index contributed by atoms with van der Waals surface area (Å²) in [7, 11) is 1.99. The lowest BCUT2D eigenvalue weighted by Crippen LogP contribution is -2.20. The average Bonchev–Trinajstić information content (AvgIpc) is 2.37. The summed E-state index contributed by atoms with van der Waals surface area (Å²) in [6, 6.07) is 10.7. The summed E-state index contributed by atoms with van der Waals surface area (Å²) in [5.74, 6) is 0.312. The first kappa shape index (κ1) is 13.8. The topological polar surface area (TPSA) is 24.9 Å². The van der Waals surface area contributed by atoms with Crippen molar-refractivity contribution >= 4 is 0 Å². The monoisotopic (exact) mass is 254 g/mol. The molecule has 0 aliphatic rings. The zero-order chi connectivity index (χ0) is 13.8. The summed E-state index contributed by atoms with van der Waals surface area (Å²) in [4.78, 5) is 4.54. The van der Waals surface area contributed by atoms with E-state index in [1.54, 1.807) is 0 Å². The minimum absolute atomic E-state index is 0.312. The van der Waals surface area contributed by atoms with Gasteiger partial charge < -0.3 is 5.32 Å². The minimum atomic E-state index is 0.312. The second-order valence-corrected chi connectivity index (χ2v) is 5.18. The molecule has 19 heavy (non-hydrogen) atoms. The molecule has 0 bridgehead atoms. The third-order valence-electron chi connectivity index (χ3n) is 3.54. The molecule has 0 amide bonds. The molecule has 0 aliphatic carbocycles. The molecular weight excluding hydrogens is 232 g/mol. The summed E-state index contributed by atoms with van der Waals surface area (Å²) in [5.41, 5.74) is 6.56. The van der Waals surface area contributed by atoms with Gasteiger partial charge in [-0.2, -0.15) is 0 Å². The van der Waals surface area contributed by atoms with Crippen LogP contribution in [-0.2, 0) is 0 Å². The molecule has 0 fully saturated rings. The molecule has 1 aromatic carbocycles. The third kappa shape index (κ3) is 3.02. The van der Waals surface area contributed by atoms with Gasteiger partial charge in [0.15, 0.2) is 0 Å². The van der Waals surface area contributed by atoms with E-state index < -0.39 is 0 Å². The van der Waals surface area contributed by atoms with Gasteiger partial charge in [-0.25, -0.2) is 0 Å². The molecular formula is C17H22N2. The van der Waals surface area contributed by atoms with E-state index in [1.165, 1.54) is 22.3 Å². The number of likely N-dealkylation sites (N-methyl/N-ethyl adjacent to an activating group) is 1. The van der Waals surface area contributed by atoms with Gasteiger partial charge in [0.2, 0.25) is 0 Å². The third-order valence-corrected chi connectivity index (χ3v) is 3.54. The summed E-state index contributed by atoms with van der Waals surface area (Å²) in [6.07, 6.45) is 1.87. The Bertz CT molecular complexity index is 523. The van der Waals surface area contributed by atoms with E-state index >= 15 is 0 Å². The van der Waals surface area contributed by atoms with E-state index in [9.17, 15) is 0 Å². The van der Waals surface area contributed by atoms with Crippen molar-refractivity contribution in [2.45, 2.75) is 26.7 Å². The van der Waals surface area contributed by atoms with Crippen molar-refractivity contribution in [3.63, 3.8) is 0 Å². The fraction of sp³-hybridized carbons (Fsp3) is 0.353. The zero-order valence-corrected chi connectivity index (χ0v) is 12.2. The van der Waals surface area contributed by atoms with Crippen LogP contribution in [0, 0.1) is 20.8 Å². The van der Waals surface area contributed by atoms with Crippen LogP contribution in [0.5, 0.6) is 0 Å². The van der Waals surface area contributed by atoms with Gasteiger partial charge in [-0.3, -0.25) is 4.98 Å². The van der Waals surface area contributed by atoms with Crippen LogP contribution < -0.4 is 5.32 Å². The Morgan fingerprint density at radius 2 is 1.79 bits per heavy atom. The first-order chi connectivity index (χ1) is 9.13. The summed E-state index contributed by atoms with van der Waals surface area (Å²) in [6.45, 7) is 7.45. The predicted molar refractivity (Wildman–Crippen MR) is 80.7 cm³/mol. The number of hydrogen-bond donors (Lipinski definition) is 1. The molecule has 2 aromatic rings. The number of benzene rings is 1. The van der Waals surface area contributed by atoms with Gasteiger partial charge in [-0.15, -0.1) is 0 Å². The summed E-state index contributed by atoms with van der Waals surface area (Å²) < 4.78 is 0. The van der Waals surface area contributed by atoms with Crippen LogP contribution in [0.1, 0.15) is 33.9 Å². The lowest BCUT2D eigenvalue weighted by molar-refractivity contribution is 0.685. The molecule has 100 valence electrons. The van der Waals surface area contributed by atoms with E-state index in [1.807, 2.05) is 19.3 Å². The first-order valence-electron chi connectivity index (χ1n) is 6.76. The molecule has 2 rings (SSSR count). The van der Waals surface area contributed by atoms with Crippen LogP contribution in [-0.4, -0.2) is 18.6 Å². The lowest BCUT2D eigenvalue weighted by atomic mass is 9.87. The Balaban J connectivity index is 2.51. The van der Waals surface area contributed by atoms with Crippen LogP contribution in [0.3, 0.4) is 0 Å². The Morgan fingerprint density at radius 1 is 1.11 bits per heavy atom. The van der Waals surface area contributed by atoms with Gasteiger partial charge >= 0.3 is 0 Å². The molecule has 1 atom stereocenters. The highest BCUT2D eigenvalue weighted by Gasteiger charge is 2.18. The van der Waals surface area contributed by atoms with Crippen molar-refractivity contribution in [1.82, 2.24) is 10.3 Å². The summed E-state index contributed by atoms with van der Waals surface area (Å²) >= 11 is 0. The maximum atomic E-state index is 4.54. The predicted octanol–water partition coefficient (Wildman–Crippen LogP) is 3.36. The van der Waals surface area contributed by atoms with Gasteiger partial charge in [0.25, 0.3) is 0 Å². The van der Waals surface area contributed by atoms with Crippen molar-refractivity contribution < 1.29 is 0 Å². The number of nitrogens with one attached hydrogen (secondary N) is 1. The molecule has 2 nitrogen and oxygen atoms in total. The van der Waals surface area contributed by atoms with E-state index in [-0.39, 0.29) is 0 Å². The van der Waals surface area contributed by atoms with Gasteiger partial charge in [0.1, 0.15) is 0 Å². The number of pyridine rings is 1. The zero-order valence-electron chi connectivity index (χ0n) is 12.2. The van der Waals surface area contributed by atoms with Crippen molar-refractivity contribution in [2.24, 2.45) is 0 Å². The van der Waals surface area contributed by atoms with Crippen LogP contribution in [0.15, 0.2) is 36.5 Å². The number of aryl methyl sites for hydroxylation is 3. The van der Waals surface area contributed by atoms with Crippen LogP contribution in [0.4, 0.5) is 0 Å². The second-order valence-electron chi connectivity index (χ2n) is 5.18. The SMILES string of the molecule is CNCC(c1ccccn1)c1c(C)cc(C)cc1C. The lowest BCUT2D eigenvalue weighted by Gasteiger charge is -2.21. The highest BCUT2D eigenvalue weighted by molar-refractivity contribution is 5.43. The van der Waals surface area contributed by atoms with Gasteiger partial charge in [0, 0.05) is 24.4 Å². The maximum Gasteiger partial charge on any atom is 0.0491 e. The molecule has 1 unspecified atom stereocenters. The molecule has 2 heteroatoms. The minimum Gasteiger partial charge on any atom is -0.319 e. The van der Waals surface area contributed by atoms with Crippen LogP contribution >= 0.6 is 0 Å². The van der Waals surface area contributed by atoms with Crippen LogP contribution in [0.25, 0.3) is 0 Å². The second kappa shape index (κ2) is 5.98. The fourth-order valence-corrected chi connectivity index (χ4v) is 2.88. The number of rotatable bonds is 4. The van der Waals surface area contributed by atoms with Crippen molar-refractivity contribution in [1.29, 1.82) is 0 Å². The highest BCUT2D eigenvalue weighted by Crippen LogP contribution is 2.29. The van der Waals surface area contributed by atoms with E-state index in [4.69, 9.17) is 0 Å². The van der Waals surface area contributed by atoms with E-state index in [2.05, 4.69) is 55.3 Å². The van der Waals surface area contributed by atoms with Gasteiger partial charge in [-0.05, 0) is 56.6 Å².